The van der Waals surface area contributed by atoms with Gasteiger partial charge < -0.3 is 59.9 Å². The van der Waals surface area contributed by atoms with Crippen LogP contribution in [0.4, 0.5) is 8.78 Å². The van der Waals surface area contributed by atoms with E-state index < -0.39 is 18.3 Å². The molecule has 0 unspecified atom stereocenters. The minimum absolute atomic E-state index is 0.0317. The minimum Gasteiger partial charge on any atom is -0.497 e. The zero-order valence-electron chi connectivity index (χ0n) is 56.7. The summed E-state index contributed by atoms with van der Waals surface area (Å²) in [6.45, 7) is 0. The summed E-state index contributed by atoms with van der Waals surface area (Å²) in [4.78, 5) is 16.3. The molecule has 0 spiro atoms. The van der Waals surface area contributed by atoms with Gasteiger partial charge in [-0.3, -0.25) is 0 Å². The molecule has 20 rings (SSSR count). The van der Waals surface area contributed by atoms with E-state index in [0.717, 1.165) is 123 Å². The maximum absolute atomic E-state index is 13.4. The van der Waals surface area contributed by atoms with Crippen LogP contribution < -0.4 is 9.47 Å². The first-order valence-electron chi connectivity index (χ1n) is 34.9. The van der Waals surface area contributed by atoms with Gasteiger partial charge in [-0.15, -0.1) is 0 Å². The van der Waals surface area contributed by atoms with Crippen LogP contribution in [0.3, 0.4) is 0 Å². The van der Waals surface area contributed by atoms with Crippen LogP contribution >= 0.6 is 34.8 Å². The molecule has 15 aromatic rings. The molecule has 0 fully saturated rings. The molecule has 104 heavy (non-hydrogen) atoms. The smallest absolute Gasteiger partial charge is 0.125 e. The van der Waals surface area contributed by atoms with Crippen molar-refractivity contribution in [1.29, 1.82) is 0 Å². The molecule has 5 aliphatic carbocycles. The standard InChI is InChI=1S/C18H16ClNO2.C18H17NO2.C17H13ClFNO.C17H14ClNO.C17H14FNO/c1-22-11-3-5-17-14(7-11)16(9-20-17)13-8-18(21)15-6-10(19)2-4-12(13)15;1-21-11-6-7-13-16(10-19-17(13)8-11)15-9-18(20)14-5-3-2-4-12(14)15;18-14-2-1-3-15-17(14)13(8-20-15)11-7-16(21)12-6-9(19)4-5-10(11)12;18-10-5-6-16-14(7-10)15(9-19-16)13-8-17(20)12-4-2-1-3-11(12)13;18-10-5-6-12-15(9-19-16(12)7-10)14-8-17(20)13-4-2-1-3-11(13)14/h2-7,9,13,18,20-21H,8H2,1H3;2-8,10,15,18-20H,9H2,1H3;1-6,8,11,16,20-21H,7H2;1-7,9,13,17,19-20H,8H2;1-7,9,14,17,19-20H,8H2/t13-,18+;15-,18+;11-,16+;13-,17+;14-,17+/m00000/s1. The lowest BCUT2D eigenvalue weighted by atomic mass is 9.92. The summed E-state index contributed by atoms with van der Waals surface area (Å²) in [7, 11) is 3.35. The first kappa shape index (κ1) is 68.5. The zero-order valence-corrected chi connectivity index (χ0v) is 59.0. The van der Waals surface area contributed by atoms with Crippen molar-refractivity contribution in [2.75, 3.05) is 14.2 Å². The van der Waals surface area contributed by atoms with Crippen LogP contribution in [0, 0.1) is 11.6 Å². The zero-order chi connectivity index (χ0) is 71.6. The summed E-state index contributed by atoms with van der Waals surface area (Å²) in [6.07, 6.45) is 11.2. The summed E-state index contributed by atoms with van der Waals surface area (Å²) in [5, 5.41) is 58.9. The molecule has 10 atom stereocenters. The van der Waals surface area contributed by atoms with Crippen LogP contribution in [0.5, 0.6) is 11.5 Å². The average molecular weight is 1450 g/mol. The van der Waals surface area contributed by atoms with E-state index in [-0.39, 0.29) is 53.4 Å². The highest BCUT2D eigenvalue weighted by molar-refractivity contribution is 6.35. The number of aromatic amines is 5. The number of aliphatic hydroxyl groups excluding tert-OH is 5. The van der Waals surface area contributed by atoms with E-state index in [2.05, 4.69) is 55.4 Å². The third kappa shape index (κ3) is 12.8. The SMILES string of the molecule is COc1ccc2[nH]cc([C@H]3C[C@@H](O)c4cc(Cl)ccc43)c2c1.COc1ccc2c([C@H]3C[C@@H](O)c4ccccc43)c[nH]c2c1.O[C@@H]1C[C@H](c2c[nH]c3cc(F)ccc23)c2ccccc21.O[C@@H]1C[C@H](c2c[nH]c3ccc(Cl)cc23)c2ccccc21.O[C@@H]1C[C@H](c2c[nH]c3cccc(Cl)c23)c2ccc(F)cc21. The lowest BCUT2D eigenvalue weighted by Gasteiger charge is -2.11. The fourth-order valence-corrected chi connectivity index (χ4v) is 17.5. The molecule has 5 aromatic heterocycles. The first-order valence-corrected chi connectivity index (χ1v) is 36.0. The third-order valence-corrected chi connectivity index (χ3v) is 22.6. The van der Waals surface area contributed by atoms with Gasteiger partial charge in [0.05, 0.1) is 49.8 Å². The highest BCUT2D eigenvalue weighted by atomic mass is 35.5. The fraction of sp³-hybridized carbons (Fsp3) is 0.195. The Kier molecular flexibility index (Phi) is 18.8. The van der Waals surface area contributed by atoms with Gasteiger partial charge in [0, 0.05) is 131 Å². The number of hydrogen-bond acceptors (Lipinski definition) is 7. The number of hydrogen-bond donors (Lipinski definition) is 10. The summed E-state index contributed by atoms with van der Waals surface area (Å²) >= 11 is 18.5. The van der Waals surface area contributed by atoms with Gasteiger partial charge in [0.1, 0.15) is 23.1 Å². The number of halogens is 5. The van der Waals surface area contributed by atoms with Gasteiger partial charge in [-0.1, -0.05) is 126 Å². The Morgan fingerprint density at radius 2 is 0.663 bits per heavy atom. The normalized spacial score (nSPS) is 20.9. The van der Waals surface area contributed by atoms with Gasteiger partial charge in [-0.2, -0.15) is 0 Å². The largest absolute Gasteiger partial charge is 0.497 e. The molecule has 0 amide bonds. The van der Waals surface area contributed by atoms with E-state index in [4.69, 9.17) is 44.3 Å². The van der Waals surface area contributed by atoms with Crippen molar-refractivity contribution in [2.45, 2.75) is 92.2 Å². The van der Waals surface area contributed by atoms with Crippen LogP contribution in [0.15, 0.2) is 231 Å². The van der Waals surface area contributed by atoms with E-state index in [1.165, 1.54) is 63.0 Å². The number of fused-ring (bicyclic) bond motifs is 10. The van der Waals surface area contributed by atoms with E-state index >= 15 is 0 Å². The monoisotopic (exact) mass is 1440 g/mol. The van der Waals surface area contributed by atoms with Crippen molar-refractivity contribution in [1.82, 2.24) is 24.9 Å². The maximum atomic E-state index is 13.4. The number of nitrogens with one attached hydrogen (secondary N) is 5. The molecule has 0 bridgehead atoms. The van der Waals surface area contributed by atoms with E-state index in [1.54, 1.807) is 20.3 Å². The highest BCUT2D eigenvalue weighted by Gasteiger charge is 2.37. The van der Waals surface area contributed by atoms with Gasteiger partial charge in [-0.25, -0.2) is 8.78 Å². The molecule has 10 N–H and O–H groups in total. The Bertz CT molecular complexity index is 5700. The molecule has 524 valence electrons. The predicted octanol–water partition coefficient (Wildman–Crippen LogP) is 20.9. The molecule has 0 saturated carbocycles. The topological polar surface area (TPSA) is 199 Å². The molecule has 0 saturated heterocycles. The number of rotatable bonds is 7. The van der Waals surface area contributed by atoms with E-state index in [1.807, 2.05) is 170 Å². The number of aromatic nitrogens is 5. The Labute approximate surface area is 613 Å². The van der Waals surface area contributed by atoms with Crippen LogP contribution in [0.25, 0.3) is 54.5 Å². The quantitative estimate of drug-likeness (QED) is 0.0749. The molecule has 0 radical (unpaired) electrons. The van der Waals surface area contributed by atoms with E-state index in [9.17, 15) is 34.3 Å². The van der Waals surface area contributed by atoms with Crippen LogP contribution in [-0.4, -0.2) is 64.7 Å². The fourth-order valence-electron chi connectivity index (χ4n) is 16.9. The van der Waals surface area contributed by atoms with Crippen molar-refractivity contribution in [2.24, 2.45) is 0 Å². The Balaban J connectivity index is 0.000000100. The summed E-state index contributed by atoms with van der Waals surface area (Å²) in [5.41, 5.74) is 21.4. The van der Waals surface area contributed by atoms with Crippen molar-refractivity contribution < 1.29 is 43.8 Å². The Hall–Kier alpha value is -9.97. The average Bonchev–Trinajstić information content (AvgIpc) is 1.63. The summed E-state index contributed by atoms with van der Waals surface area (Å²) in [6, 6.07) is 63.3. The molecular weight excluding hydrogens is 1370 g/mol. The molecule has 10 aromatic carbocycles. The molecule has 5 aliphatic rings. The lowest BCUT2D eigenvalue weighted by Crippen LogP contribution is -1.95. The molecule has 0 aliphatic heterocycles. The maximum Gasteiger partial charge on any atom is 0.125 e. The Morgan fingerprint density at radius 1 is 0.298 bits per heavy atom. The highest BCUT2D eigenvalue weighted by Crippen LogP contribution is 2.52. The van der Waals surface area contributed by atoms with Crippen LogP contribution in [0.1, 0.15) is 176 Å². The van der Waals surface area contributed by atoms with E-state index in [0.29, 0.717) is 34.9 Å². The minimum atomic E-state index is -0.631. The van der Waals surface area contributed by atoms with Gasteiger partial charge in [0.2, 0.25) is 0 Å². The molecule has 12 nitrogen and oxygen atoms in total. The van der Waals surface area contributed by atoms with Crippen molar-refractivity contribution in [3.8, 4) is 11.5 Å². The first-order chi connectivity index (χ1) is 50.6. The molecule has 17 heteroatoms. The third-order valence-electron chi connectivity index (χ3n) is 21.8. The second-order valence-electron chi connectivity index (χ2n) is 27.5. The number of aliphatic hydroxyl groups is 5. The van der Waals surface area contributed by atoms with Gasteiger partial charge in [-0.05, 0) is 219 Å². The summed E-state index contributed by atoms with van der Waals surface area (Å²) in [5.74, 6) is 1.98. The molecular formula is C87H74Cl3F2N5O7. The number of methoxy groups -OCH3 is 2. The second kappa shape index (κ2) is 28.6. The number of ether oxygens (including phenoxy) is 2. The van der Waals surface area contributed by atoms with Gasteiger partial charge in [0.25, 0.3) is 0 Å². The van der Waals surface area contributed by atoms with Crippen molar-refractivity contribution in [3.63, 3.8) is 0 Å². The summed E-state index contributed by atoms with van der Waals surface area (Å²) < 4.78 is 37.3. The number of H-pyrrole nitrogens is 5. The van der Waals surface area contributed by atoms with Crippen molar-refractivity contribution in [3.05, 3.63) is 341 Å². The second-order valence-corrected chi connectivity index (χ2v) is 28.8. The Morgan fingerprint density at radius 3 is 1.21 bits per heavy atom. The number of benzene rings is 10. The van der Waals surface area contributed by atoms with Gasteiger partial charge in [0.15, 0.2) is 0 Å². The van der Waals surface area contributed by atoms with Crippen LogP contribution in [0.2, 0.25) is 15.1 Å². The lowest BCUT2D eigenvalue weighted by molar-refractivity contribution is 0.175. The van der Waals surface area contributed by atoms with Gasteiger partial charge >= 0.3 is 0 Å². The van der Waals surface area contributed by atoms with Crippen LogP contribution in [-0.2, 0) is 0 Å². The predicted molar refractivity (Wildman–Crippen MR) is 409 cm³/mol. The molecule has 5 heterocycles. The van der Waals surface area contributed by atoms with Crippen molar-refractivity contribution >= 4 is 89.3 Å².